The van der Waals surface area contributed by atoms with E-state index in [9.17, 15) is 14.3 Å². The summed E-state index contributed by atoms with van der Waals surface area (Å²) in [7, 11) is 1.80. The lowest BCUT2D eigenvalue weighted by Gasteiger charge is -2.19. The Bertz CT molecular complexity index is 856. The summed E-state index contributed by atoms with van der Waals surface area (Å²) in [5, 5.41) is 10.3. The molecule has 0 spiro atoms. The fourth-order valence-electron chi connectivity index (χ4n) is 2.21. The van der Waals surface area contributed by atoms with Crippen LogP contribution in [-0.2, 0) is 0 Å². The van der Waals surface area contributed by atoms with Gasteiger partial charge in [-0.3, -0.25) is 4.79 Å². The molecule has 0 aliphatic rings. The zero-order chi connectivity index (χ0) is 15.0. The Labute approximate surface area is 120 Å². The van der Waals surface area contributed by atoms with E-state index in [0.717, 1.165) is 5.69 Å². The fraction of sp³-hybridized carbons (Fsp3) is 0.0625. The van der Waals surface area contributed by atoms with E-state index < -0.39 is 5.82 Å². The third kappa shape index (κ3) is 2.45. The Morgan fingerprint density at radius 3 is 2.52 bits per heavy atom. The number of rotatable bonds is 2. The van der Waals surface area contributed by atoms with Gasteiger partial charge in [0.15, 0.2) is 0 Å². The summed E-state index contributed by atoms with van der Waals surface area (Å²) in [6.45, 7) is 0. The first kappa shape index (κ1) is 13.2. The van der Waals surface area contributed by atoms with E-state index in [1.54, 1.807) is 48.3 Å². The molecule has 0 aliphatic carbocycles. The minimum atomic E-state index is -0.437. The maximum absolute atomic E-state index is 13.2. The lowest BCUT2D eigenvalue weighted by molar-refractivity contribution is 0.475. The number of anilines is 2. The van der Waals surface area contributed by atoms with E-state index in [2.05, 4.69) is 4.98 Å². The second kappa shape index (κ2) is 4.94. The monoisotopic (exact) mass is 284 g/mol. The number of aromatic amines is 1. The van der Waals surface area contributed by atoms with Crippen molar-refractivity contribution in [3.8, 4) is 5.75 Å². The number of benzene rings is 2. The van der Waals surface area contributed by atoms with Crippen LogP contribution in [0, 0.1) is 5.82 Å². The number of aromatic nitrogens is 1. The zero-order valence-electron chi connectivity index (χ0n) is 11.3. The number of halogens is 1. The van der Waals surface area contributed by atoms with E-state index in [1.807, 2.05) is 0 Å². The lowest BCUT2D eigenvalue weighted by Crippen LogP contribution is -2.16. The quantitative estimate of drug-likeness (QED) is 0.760. The van der Waals surface area contributed by atoms with Crippen LogP contribution >= 0.6 is 0 Å². The standard InChI is InChI=1S/C16H13FN2O2/c1-19(12-4-6-13(20)7-5-12)15-8-10-2-3-11(17)9-14(10)16(21)18-15/h2-9,20H,1H3,(H,18,21). The lowest BCUT2D eigenvalue weighted by atomic mass is 10.1. The van der Waals surface area contributed by atoms with Gasteiger partial charge in [-0.2, -0.15) is 0 Å². The highest BCUT2D eigenvalue weighted by atomic mass is 19.1. The molecular formula is C16H13FN2O2. The first-order valence-electron chi connectivity index (χ1n) is 6.40. The molecule has 0 radical (unpaired) electrons. The number of hydrogen-bond donors (Lipinski definition) is 2. The predicted octanol–water partition coefficient (Wildman–Crippen LogP) is 3.14. The van der Waals surface area contributed by atoms with Gasteiger partial charge in [0, 0.05) is 18.1 Å². The molecule has 0 atom stereocenters. The maximum atomic E-state index is 13.2. The maximum Gasteiger partial charge on any atom is 0.257 e. The molecule has 1 heterocycles. The number of H-pyrrole nitrogens is 1. The minimum absolute atomic E-state index is 0.176. The van der Waals surface area contributed by atoms with Gasteiger partial charge in [-0.15, -0.1) is 0 Å². The Morgan fingerprint density at radius 2 is 1.81 bits per heavy atom. The average Bonchev–Trinajstić information content (AvgIpc) is 2.48. The third-order valence-corrected chi connectivity index (χ3v) is 3.39. The molecule has 0 amide bonds. The van der Waals surface area contributed by atoms with Crippen molar-refractivity contribution in [1.82, 2.24) is 4.98 Å². The van der Waals surface area contributed by atoms with Crippen molar-refractivity contribution in [3.05, 3.63) is 64.7 Å². The van der Waals surface area contributed by atoms with Crippen molar-refractivity contribution in [2.45, 2.75) is 0 Å². The molecule has 1 aromatic heterocycles. The highest BCUT2D eigenvalue weighted by molar-refractivity contribution is 5.84. The van der Waals surface area contributed by atoms with E-state index in [1.165, 1.54) is 12.1 Å². The van der Waals surface area contributed by atoms with Crippen LogP contribution in [0.3, 0.4) is 0 Å². The first-order chi connectivity index (χ1) is 10.0. The number of aromatic hydroxyl groups is 1. The van der Waals surface area contributed by atoms with E-state index in [0.29, 0.717) is 16.6 Å². The minimum Gasteiger partial charge on any atom is -0.508 e. The summed E-state index contributed by atoms with van der Waals surface area (Å²) in [4.78, 5) is 16.6. The smallest absolute Gasteiger partial charge is 0.257 e. The van der Waals surface area contributed by atoms with Gasteiger partial charge in [0.25, 0.3) is 5.56 Å². The average molecular weight is 284 g/mol. The van der Waals surface area contributed by atoms with Crippen LogP contribution < -0.4 is 10.5 Å². The van der Waals surface area contributed by atoms with Gasteiger partial charge in [-0.25, -0.2) is 4.39 Å². The van der Waals surface area contributed by atoms with Crippen molar-refractivity contribution < 1.29 is 9.50 Å². The Kier molecular flexibility index (Phi) is 3.10. The molecule has 5 heteroatoms. The molecule has 21 heavy (non-hydrogen) atoms. The van der Waals surface area contributed by atoms with E-state index in [-0.39, 0.29) is 11.3 Å². The number of nitrogens with zero attached hydrogens (tertiary/aromatic N) is 1. The molecule has 4 nitrogen and oxygen atoms in total. The van der Waals surface area contributed by atoms with Crippen molar-refractivity contribution in [1.29, 1.82) is 0 Å². The van der Waals surface area contributed by atoms with Crippen LogP contribution in [0.4, 0.5) is 15.9 Å². The van der Waals surface area contributed by atoms with Crippen LogP contribution in [0.1, 0.15) is 0 Å². The summed E-state index contributed by atoms with van der Waals surface area (Å²) in [6.07, 6.45) is 0. The number of nitrogens with one attached hydrogen (secondary N) is 1. The topological polar surface area (TPSA) is 56.3 Å². The van der Waals surface area contributed by atoms with E-state index >= 15 is 0 Å². The van der Waals surface area contributed by atoms with Crippen molar-refractivity contribution in [3.63, 3.8) is 0 Å². The number of fused-ring (bicyclic) bond motifs is 1. The van der Waals surface area contributed by atoms with Gasteiger partial charge in [-0.05, 0) is 47.9 Å². The molecule has 0 unspecified atom stereocenters. The van der Waals surface area contributed by atoms with Gasteiger partial charge < -0.3 is 15.0 Å². The van der Waals surface area contributed by atoms with Crippen LogP contribution in [0.15, 0.2) is 53.3 Å². The second-order valence-corrected chi connectivity index (χ2v) is 4.79. The summed E-state index contributed by atoms with van der Waals surface area (Å²) < 4.78 is 13.2. The van der Waals surface area contributed by atoms with Crippen molar-refractivity contribution >= 4 is 22.3 Å². The van der Waals surface area contributed by atoms with Crippen LogP contribution in [0.2, 0.25) is 0 Å². The van der Waals surface area contributed by atoms with Crippen molar-refractivity contribution in [2.24, 2.45) is 0 Å². The molecule has 0 saturated heterocycles. The number of pyridine rings is 1. The van der Waals surface area contributed by atoms with Crippen LogP contribution in [-0.4, -0.2) is 17.1 Å². The molecule has 106 valence electrons. The molecule has 3 aromatic rings. The van der Waals surface area contributed by atoms with Crippen LogP contribution in [0.5, 0.6) is 5.75 Å². The Balaban J connectivity index is 2.10. The molecule has 0 bridgehead atoms. The summed E-state index contributed by atoms with van der Waals surface area (Å²) >= 11 is 0. The summed E-state index contributed by atoms with van der Waals surface area (Å²) in [5.74, 6) is 0.326. The summed E-state index contributed by atoms with van der Waals surface area (Å²) in [5.41, 5.74) is 0.470. The number of phenolic OH excluding ortho intramolecular Hbond substituents is 1. The van der Waals surface area contributed by atoms with Crippen molar-refractivity contribution in [2.75, 3.05) is 11.9 Å². The van der Waals surface area contributed by atoms with Gasteiger partial charge in [0.2, 0.25) is 0 Å². The van der Waals surface area contributed by atoms with Crippen LogP contribution in [0.25, 0.3) is 10.8 Å². The molecular weight excluding hydrogens is 271 g/mol. The Hall–Kier alpha value is -2.82. The summed E-state index contributed by atoms with van der Waals surface area (Å²) in [6, 6.07) is 12.5. The zero-order valence-corrected chi connectivity index (χ0v) is 11.3. The van der Waals surface area contributed by atoms with Gasteiger partial charge in [0.05, 0.1) is 0 Å². The van der Waals surface area contributed by atoms with Gasteiger partial charge in [0.1, 0.15) is 17.4 Å². The molecule has 0 fully saturated rings. The normalized spacial score (nSPS) is 10.8. The SMILES string of the molecule is CN(c1ccc(O)cc1)c1cc2ccc(F)cc2c(=O)[nH]1. The molecule has 2 N–H and O–H groups in total. The fourth-order valence-corrected chi connectivity index (χ4v) is 2.21. The molecule has 3 rings (SSSR count). The predicted molar refractivity (Wildman–Crippen MR) is 80.7 cm³/mol. The van der Waals surface area contributed by atoms with Gasteiger partial charge >= 0.3 is 0 Å². The molecule has 2 aromatic carbocycles. The third-order valence-electron chi connectivity index (χ3n) is 3.39. The largest absolute Gasteiger partial charge is 0.508 e. The van der Waals surface area contributed by atoms with E-state index in [4.69, 9.17) is 0 Å². The van der Waals surface area contributed by atoms with Gasteiger partial charge in [-0.1, -0.05) is 6.07 Å². The number of hydrogen-bond acceptors (Lipinski definition) is 3. The highest BCUT2D eigenvalue weighted by Gasteiger charge is 2.08. The first-order valence-corrected chi connectivity index (χ1v) is 6.40. The highest BCUT2D eigenvalue weighted by Crippen LogP contribution is 2.25. The number of phenols is 1. The Morgan fingerprint density at radius 1 is 1.10 bits per heavy atom. The molecule has 0 saturated carbocycles. The second-order valence-electron chi connectivity index (χ2n) is 4.79. The molecule has 0 aliphatic heterocycles.